The number of aliphatic imine (C=N–C) groups is 1. The third-order valence-corrected chi connectivity index (χ3v) is 5.59. The number of nitrogens with zero attached hydrogens (tertiary/aromatic N) is 1. The molecular weight excluding hydrogens is 360 g/mol. The summed E-state index contributed by atoms with van der Waals surface area (Å²) in [7, 11) is 0. The van der Waals surface area contributed by atoms with Gasteiger partial charge in [0.05, 0.1) is 5.71 Å². The summed E-state index contributed by atoms with van der Waals surface area (Å²) in [5, 5.41) is 5.20. The number of nitrogens with one attached hydrogen (secondary N) is 1. The van der Waals surface area contributed by atoms with Gasteiger partial charge in [0, 0.05) is 28.8 Å². The third-order valence-electron chi connectivity index (χ3n) is 5.59. The quantitative estimate of drug-likeness (QED) is 0.505. The van der Waals surface area contributed by atoms with E-state index in [1.54, 1.807) is 0 Å². The minimum atomic E-state index is -0.210. The predicted molar refractivity (Wildman–Crippen MR) is 115 cm³/mol. The molecule has 0 aromatic heterocycles. The van der Waals surface area contributed by atoms with Gasteiger partial charge < -0.3 is 5.32 Å². The van der Waals surface area contributed by atoms with Gasteiger partial charge in [0.25, 0.3) is 5.91 Å². The topological polar surface area (TPSA) is 58.5 Å². The standard InChI is InChI=1S/C25H20N2O2/c1-2-3-14-26-23-21-18-13-12-17(24(28)15-8-5-4-6-9-15)16-10-7-11-19(20(16)18)22(21)27-25(23)29/h4-13H,2-3,14H2,1H3,(H,26,27,29). The fraction of sp³-hybridized carbons (Fsp3) is 0.160. The van der Waals surface area contributed by atoms with Gasteiger partial charge in [-0.2, -0.15) is 0 Å². The zero-order chi connectivity index (χ0) is 20.0. The Hall–Kier alpha value is -3.53. The highest BCUT2D eigenvalue weighted by atomic mass is 16.1. The van der Waals surface area contributed by atoms with Crippen LogP contribution in [0.5, 0.6) is 0 Å². The average molecular weight is 380 g/mol. The van der Waals surface area contributed by atoms with Crippen molar-refractivity contribution in [3.63, 3.8) is 0 Å². The summed E-state index contributed by atoms with van der Waals surface area (Å²) in [5.74, 6) is -0.210. The van der Waals surface area contributed by atoms with Crippen LogP contribution >= 0.6 is 0 Å². The Balaban J connectivity index is 1.68. The van der Waals surface area contributed by atoms with Gasteiger partial charge in [-0.3, -0.25) is 9.59 Å². The molecule has 0 spiro atoms. The maximum absolute atomic E-state index is 13.1. The summed E-state index contributed by atoms with van der Waals surface area (Å²) in [6, 6.07) is 19.0. The number of ketones is 1. The molecule has 4 nitrogen and oxygen atoms in total. The number of carbonyl (C=O) groups excluding carboxylic acids is 2. The molecule has 1 N–H and O–H groups in total. The molecule has 1 aliphatic carbocycles. The van der Waals surface area contributed by atoms with E-state index in [2.05, 4.69) is 17.2 Å². The first-order valence-corrected chi connectivity index (χ1v) is 9.98. The highest BCUT2D eigenvalue weighted by Gasteiger charge is 2.36. The number of amides is 1. The largest absolute Gasteiger partial charge is 0.380 e. The van der Waals surface area contributed by atoms with E-state index in [9.17, 15) is 9.59 Å². The van der Waals surface area contributed by atoms with Gasteiger partial charge in [0.2, 0.25) is 0 Å². The second kappa shape index (κ2) is 6.82. The van der Waals surface area contributed by atoms with Crippen molar-refractivity contribution >= 4 is 33.7 Å². The van der Waals surface area contributed by atoms with Gasteiger partial charge in [0.15, 0.2) is 5.78 Å². The molecule has 3 aromatic rings. The van der Waals surface area contributed by atoms with Crippen molar-refractivity contribution in [3.8, 4) is 0 Å². The summed E-state index contributed by atoms with van der Waals surface area (Å²) in [4.78, 5) is 30.0. The van der Waals surface area contributed by atoms with E-state index in [-0.39, 0.29) is 11.7 Å². The van der Waals surface area contributed by atoms with Crippen molar-refractivity contribution in [2.45, 2.75) is 19.8 Å². The highest BCUT2D eigenvalue weighted by Crippen LogP contribution is 2.43. The highest BCUT2D eigenvalue weighted by molar-refractivity contribution is 6.49. The number of hydrogen-bond acceptors (Lipinski definition) is 3. The maximum Gasteiger partial charge on any atom is 0.294 e. The van der Waals surface area contributed by atoms with Gasteiger partial charge >= 0.3 is 0 Å². The third kappa shape index (κ3) is 2.64. The molecule has 0 radical (unpaired) electrons. The Morgan fingerprint density at radius 2 is 1.79 bits per heavy atom. The van der Waals surface area contributed by atoms with Crippen molar-refractivity contribution < 1.29 is 9.59 Å². The minimum absolute atomic E-state index is 0.000326. The molecular formula is C25H20N2O2. The van der Waals surface area contributed by atoms with Crippen molar-refractivity contribution in [2.75, 3.05) is 6.54 Å². The molecule has 29 heavy (non-hydrogen) atoms. The Kier molecular flexibility index (Phi) is 4.13. The first-order valence-electron chi connectivity index (χ1n) is 9.98. The predicted octanol–water partition coefficient (Wildman–Crippen LogP) is 4.51. The number of carbonyl (C=O) groups is 2. The lowest BCUT2D eigenvalue weighted by Crippen LogP contribution is -2.19. The van der Waals surface area contributed by atoms with E-state index in [0.717, 1.165) is 52.6 Å². The summed E-state index contributed by atoms with van der Waals surface area (Å²) < 4.78 is 0. The van der Waals surface area contributed by atoms with Crippen LogP contribution in [0.15, 0.2) is 71.4 Å². The van der Waals surface area contributed by atoms with E-state index in [4.69, 9.17) is 0 Å². The van der Waals surface area contributed by atoms with Crippen LogP contribution in [0.4, 0.5) is 0 Å². The van der Waals surface area contributed by atoms with Crippen LogP contribution in [0, 0.1) is 0 Å². The molecule has 0 saturated heterocycles. The Bertz CT molecular complexity index is 1240. The lowest BCUT2D eigenvalue weighted by Gasteiger charge is -2.10. The molecule has 0 fully saturated rings. The number of allylic oxidation sites excluding steroid dienone is 1. The van der Waals surface area contributed by atoms with Crippen molar-refractivity contribution in [2.24, 2.45) is 4.99 Å². The van der Waals surface area contributed by atoms with Gasteiger partial charge in [-0.05, 0) is 28.8 Å². The van der Waals surface area contributed by atoms with Gasteiger partial charge in [-0.1, -0.05) is 67.9 Å². The Labute approximate surface area is 169 Å². The second-order valence-corrected chi connectivity index (χ2v) is 7.38. The number of hydrogen-bond donors (Lipinski definition) is 1. The van der Waals surface area contributed by atoms with E-state index >= 15 is 0 Å². The smallest absolute Gasteiger partial charge is 0.294 e. The molecule has 3 aromatic carbocycles. The Morgan fingerprint density at radius 3 is 2.59 bits per heavy atom. The first kappa shape index (κ1) is 17.6. The SMILES string of the molecule is CCCCNC1=C2C(=NC1=O)c1cccc3c(C(=O)c4ccccc4)ccc2c13. The van der Waals surface area contributed by atoms with Crippen LogP contribution < -0.4 is 5.32 Å². The zero-order valence-corrected chi connectivity index (χ0v) is 16.2. The van der Waals surface area contributed by atoms with Crippen LogP contribution in [-0.4, -0.2) is 23.9 Å². The molecule has 5 rings (SSSR count). The second-order valence-electron chi connectivity index (χ2n) is 7.38. The van der Waals surface area contributed by atoms with Gasteiger partial charge in [-0.15, -0.1) is 0 Å². The first-order chi connectivity index (χ1) is 14.2. The number of benzene rings is 3. The molecule has 1 amide bonds. The van der Waals surface area contributed by atoms with Crippen LogP contribution in [-0.2, 0) is 4.79 Å². The number of unbranched alkanes of at least 4 members (excludes halogenated alkanes) is 1. The summed E-state index contributed by atoms with van der Waals surface area (Å²) in [6.45, 7) is 2.86. The van der Waals surface area contributed by atoms with E-state index in [1.807, 2.05) is 60.7 Å². The average Bonchev–Trinajstić information content (AvgIpc) is 3.24. The van der Waals surface area contributed by atoms with E-state index < -0.39 is 0 Å². The minimum Gasteiger partial charge on any atom is -0.380 e. The van der Waals surface area contributed by atoms with Crippen LogP contribution in [0.3, 0.4) is 0 Å². The molecule has 1 heterocycles. The molecule has 0 unspecified atom stereocenters. The molecule has 2 aliphatic rings. The summed E-state index contributed by atoms with van der Waals surface area (Å²) in [5.41, 5.74) is 5.41. The lowest BCUT2D eigenvalue weighted by molar-refractivity contribution is -0.114. The molecule has 0 saturated carbocycles. The summed E-state index contributed by atoms with van der Waals surface area (Å²) in [6.07, 6.45) is 2.05. The number of fused-ring (bicyclic) bond motifs is 3. The monoisotopic (exact) mass is 380 g/mol. The summed E-state index contributed by atoms with van der Waals surface area (Å²) >= 11 is 0. The maximum atomic E-state index is 13.1. The fourth-order valence-corrected chi connectivity index (χ4v) is 4.21. The van der Waals surface area contributed by atoms with Gasteiger partial charge in [-0.25, -0.2) is 4.99 Å². The van der Waals surface area contributed by atoms with Crippen molar-refractivity contribution in [1.29, 1.82) is 0 Å². The Morgan fingerprint density at radius 1 is 0.966 bits per heavy atom. The molecule has 1 aliphatic heterocycles. The molecule has 0 bridgehead atoms. The van der Waals surface area contributed by atoms with Crippen molar-refractivity contribution in [1.82, 2.24) is 5.32 Å². The number of rotatable bonds is 6. The fourth-order valence-electron chi connectivity index (χ4n) is 4.21. The van der Waals surface area contributed by atoms with Crippen LogP contribution in [0.25, 0.3) is 16.3 Å². The van der Waals surface area contributed by atoms with Crippen LogP contribution in [0.1, 0.15) is 46.8 Å². The molecule has 0 atom stereocenters. The molecule has 142 valence electrons. The molecule has 4 heteroatoms. The normalized spacial score (nSPS) is 14.4. The van der Waals surface area contributed by atoms with Crippen molar-refractivity contribution in [3.05, 3.63) is 88.6 Å². The van der Waals surface area contributed by atoms with Gasteiger partial charge in [0.1, 0.15) is 5.70 Å². The van der Waals surface area contributed by atoms with E-state index in [0.29, 0.717) is 16.8 Å². The zero-order valence-electron chi connectivity index (χ0n) is 16.2. The van der Waals surface area contributed by atoms with E-state index in [1.165, 1.54) is 0 Å². The van der Waals surface area contributed by atoms with Crippen LogP contribution in [0.2, 0.25) is 0 Å². The lowest BCUT2D eigenvalue weighted by atomic mass is 9.94.